The number of nitrogens with zero attached hydrogens (tertiary/aromatic N) is 5. The number of aryl methyl sites for hydroxylation is 1. The molecule has 3 aliphatic rings. The Morgan fingerprint density at radius 3 is 1.42 bits per heavy atom. The summed E-state index contributed by atoms with van der Waals surface area (Å²) in [4.78, 5) is 83.9. The van der Waals surface area contributed by atoms with Crippen molar-refractivity contribution < 1.29 is 105 Å². The number of carboxylic acid groups (broad SMARTS) is 1. The number of ether oxygens (including phenoxy) is 4. The van der Waals surface area contributed by atoms with Crippen LogP contribution in [0.1, 0.15) is 299 Å². The number of halogens is 1. The third-order valence-corrected chi connectivity index (χ3v) is 19.1. The van der Waals surface area contributed by atoms with Crippen molar-refractivity contribution in [2.45, 2.75) is 272 Å². The first-order valence-corrected chi connectivity index (χ1v) is 39.6. The van der Waals surface area contributed by atoms with Crippen molar-refractivity contribution in [3.05, 3.63) is 170 Å². The summed E-state index contributed by atoms with van der Waals surface area (Å²) in [6.45, 7) is 27.7. The van der Waals surface area contributed by atoms with Crippen LogP contribution in [0.3, 0.4) is 0 Å². The Bertz CT molecular complexity index is 4280. The summed E-state index contributed by atoms with van der Waals surface area (Å²) >= 11 is 6.33. The third-order valence-electron chi connectivity index (χ3n) is 18.7. The number of nitrogens with one attached hydrogen (secondary N) is 1. The fourth-order valence-corrected chi connectivity index (χ4v) is 13.7. The molecule has 0 bridgehead atoms. The average molecular weight is 1560 g/mol. The SMILES string of the molecule is CC(C)CC(=O)CNC(=O)c1onc([C@@H](CCCOCc2ccccc2)CC(=O)OC(C)(C)C)c1C1CC1.CC(C)Cc1cnc(-c2onc([C@@H](CCCOCc3ccccc3)CC(=O)OC(C)(C)C)c2C2CC2)o1.Cc1ccc(CC(=O)C[C@H](CCC(=O)[O-])c2noc(-c3ncc(CC(C)C)o3)c2C2CC2)c(Cl)c1.[Na+]. The number of carbonyl (C=O) groups excluding carboxylic acids is 6. The largest absolute Gasteiger partial charge is 1.00 e. The van der Waals surface area contributed by atoms with Gasteiger partial charge in [-0.25, -0.2) is 9.97 Å². The molecular weight excluding hydrogens is 1440 g/mol. The fraction of sp³-hybridized carbons (Fsp3) is 0.552. The number of Topliss-reactive ketones (excluding diaryl/α,β-unsaturated/α-hetero) is 2. The van der Waals surface area contributed by atoms with Crippen molar-refractivity contribution in [2.75, 3.05) is 19.8 Å². The maximum Gasteiger partial charge on any atom is 1.00 e. The van der Waals surface area contributed by atoms with Crippen molar-refractivity contribution in [3.63, 3.8) is 0 Å². The molecule has 24 heteroatoms. The number of carboxylic acids is 1. The molecule has 8 aromatic rings. The second-order valence-electron chi connectivity index (χ2n) is 33.0. The summed E-state index contributed by atoms with van der Waals surface area (Å²) in [6, 6.07) is 25.7. The van der Waals surface area contributed by atoms with E-state index < -0.39 is 29.0 Å². The molecule has 3 aromatic carbocycles. The van der Waals surface area contributed by atoms with Crippen molar-refractivity contribution in [1.29, 1.82) is 0 Å². The molecule has 3 aliphatic carbocycles. The van der Waals surface area contributed by atoms with Gasteiger partial charge in [-0.2, -0.15) is 0 Å². The monoisotopic (exact) mass is 1550 g/mol. The Balaban J connectivity index is 0.000000208. The van der Waals surface area contributed by atoms with Crippen molar-refractivity contribution in [3.8, 4) is 23.3 Å². The Morgan fingerprint density at radius 1 is 0.559 bits per heavy atom. The van der Waals surface area contributed by atoms with E-state index in [0.29, 0.717) is 103 Å². The standard InChI is InChI=1S/C30H42N2O6.C30H40N2O5.C27H31ClN2O5.Na/c1-20(2)16-24(33)18-31-29(35)28-26(22-13-14-22)27(32-38-28)23(17-25(34)37-30(3,4)5)12-9-15-36-19-21-10-7-6-8-11-21;1-20(2)16-24-18-31-29(35-24)28-26(22-13-14-22)27(32-37-28)23(17-25(33)36-30(3,4)5)12-9-15-34-19-21-10-7-6-8-11-21;1-15(2)10-21-14-29-27(34-21)26-24(17-6-7-17)25(30-35-26)19(8-9-23(32)33)13-20(31)12-18-5-4-16(3)11-22(18)28;/h6-8,10-11,20,22-23H,9,12-19H2,1-5H3,(H,31,35);6-8,10-11,18,20,22-23H,9,12-17,19H2,1-5H3;4-5,11,14-15,17,19H,6-10,12-13H2,1-3H3,(H,32,33);/q;;;+1/p-1/t2*23-;19-;/m000./s1. The fourth-order valence-electron chi connectivity index (χ4n) is 13.4. The maximum atomic E-state index is 13.0. The second-order valence-corrected chi connectivity index (χ2v) is 33.4. The van der Waals surface area contributed by atoms with Gasteiger partial charge >= 0.3 is 41.5 Å². The Morgan fingerprint density at radius 2 is 1.00 bits per heavy atom. The summed E-state index contributed by atoms with van der Waals surface area (Å²) in [5.41, 5.74) is 7.65. The topological polar surface area (TPSA) is 305 Å². The summed E-state index contributed by atoms with van der Waals surface area (Å²) in [5.74, 6) is 2.51. The molecule has 0 aliphatic heterocycles. The zero-order valence-electron chi connectivity index (χ0n) is 67.5. The van der Waals surface area contributed by atoms with E-state index in [4.69, 9.17) is 53.0 Å². The van der Waals surface area contributed by atoms with E-state index in [2.05, 4.69) is 70.6 Å². The molecule has 11 rings (SSSR count). The van der Waals surface area contributed by atoms with Gasteiger partial charge in [0.2, 0.25) is 17.3 Å². The number of benzene rings is 3. The van der Waals surface area contributed by atoms with Crippen LogP contribution in [0, 0.1) is 24.7 Å². The minimum atomic E-state index is -1.16. The Hall–Kier alpha value is -7.86. The molecule has 0 spiro atoms. The van der Waals surface area contributed by atoms with E-state index in [1.807, 2.05) is 129 Å². The molecule has 5 aromatic heterocycles. The molecular formula is C87H112ClN6NaO16. The van der Waals surface area contributed by atoms with Crippen molar-refractivity contribution >= 4 is 47.0 Å². The van der Waals surface area contributed by atoms with Gasteiger partial charge < -0.3 is 56.6 Å². The molecule has 3 fully saturated rings. The van der Waals surface area contributed by atoms with Crippen LogP contribution in [0.15, 0.2) is 114 Å². The van der Waals surface area contributed by atoms with Crippen LogP contribution in [-0.2, 0) is 75.4 Å². The van der Waals surface area contributed by atoms with Crippen LogP contribution in [0.5, 0.6) is 0 Å². The molecule has 1 N–H and O–H groups in total. The van der Waals surface area contributed by atoms with Gasteiger partial charge in [0.25, 0.3) is 17.7 Å². The van der Waals surface area contributed by atoms with E-state index in [1.54, 1.807) is 12.4 Å². The Labute approximate surface area is 680 Å². The molecule has 0 radical (unpaired) electrons. The van der Waals surface area contributed by atoms with Gasteiger partial charge in [-0.3, -0.25) is 24.0 Å². The van der Waals surface area contributed by atoms with Crippen molar-refractivity contribution in [1.82, 2.24) is 30.8 Å². The average Bonchev–Trinajstić information content (AvgIpc) is 1.62. The maximum absolute atomic E-state index is 13.0. The number of rotatable bonds is 40. The predicted octanol–water partition coefficient (Wildman–Crippen LogP) is 15.1. The van der Waals surface area contributed by atoms with Crippen LogP contribution in [0.4, 0.5) is 0 Å². The molecule has 3 atom stereocenters. The summed E-state index contributed by atoms with van der Waals surface area (Å²) in [7, 11) is 0. The smallest absolute Gasteiger partial charge is 0.550 e. The minimum Gasteiger partial charge on any atom is -0.550 e. The number of hydrogen-bond acceptors (Lipinski definition) is 21. The zero-order valence-corrected chi connectivity index (χ0v) is 70.2. The molecule has 22 nitrogen and oxygen atoms in total. The van der Waals surface area contributed by atoms with Gasteiger partial charge in [0.15, 0.2) is 5.78 Å². The first-order chi connectivity index (χ1) is 52.4. The van der Waals surface area contributed by atoms with Crippen LogP contribution in [0.25, 0.3) is 23.3 Å². The second kappa shape index (κ2) is 42.3. The van der Waals surface area contributed by atoms with Gasteiger partial charge in [0.1, 0.15) is 28.5 Å². The number of amides is 1. The van der Waals surface area contributed by atoms with Gasteiger partial charge in [-0.05, 0) is 189 Å². The number of oxazole rings is 2. The summed E-state index contributed by atoms with van der Waals surface area (Å²) in [6.07, 6.45) is 15.0. The zero-order chi connectivity index (χ0) is 79.2. The summed E-state index contributed by atoms with van der Waals surface area (Å²) in [5, 5.41) is 27.6. The van der Waals surface area contributed by atoms with Gasteiger partial charge in [-0.1, -0.05) is 141 Å². The summed E-state index contributed by atoms with van der Waals surface area (Å²) < 4.78 is 52.1. The van der Waals surface area contributed by atoms with E-state index >= 15 is 0 Å². The van der Waals surface area contributed by atoms with Crippen LogP contribution < -0.4 is 40.0 Å². The first kappa shape index (κ1) is 88.7. The predicted molar refractivity (Wildman–Crippen MR) is 414 cm³/mol. The molecule has 0 saturated heterocycles. The number of esters is 2. The third kappa shape index (κ3) is 29.2. The number of aliphatic carboxylic acids is 1. The van der Waals surface area contributed by atoms with E-state index in [-0.39, 0.29) is 133 Å². The van der Waals surface area contributed by atoms with Gasteiger partial charge in [-0.15, -0.1) is 0 Å². The van der Waals surface area contributed by atoms with Crippen molar-refractivity contribution in [2.24, 2.45) is 17.8 Å². The van der Waals surface area contributed by atoms with Crippen LogP contribution in [-0.4, -0.2) is 91.8 Å². The normalized spacial score (nSPS) is 14.4. The van der Waals surface area contributed by atoms with Gasteiger partial charge in [0, 0.05) is 90.8 Å². The number of ketones is 2. The van der Waals surface area contributed by atoms with Gasteiger partial charge in [0.05, 0.1) is 62.1 Å². The number of carbonyl (C=O) groups is 6. The van der Waals surface area contributed by atoms with E-state index in [0.717, 1.165) is 120 Å². The Kier molecular flexibility index (Phi) is 33.8. The molecule has 111 heavy (non-hydrogen) atoms. The number of hydrogen-bond donors (Lipinski definition) is 1. The van der Waals surface area contributed by atoms with E-state index in [1.165, 1.54) is 0 Å². The van der Waals surface area contributed by atoms with E-state index in [9.17, 15) is 33.9 Å². The minimum absolute atomic E-state index is 0. The molecule has 5 heterocycles. The van der Waals surface area contributed by atoms with Crippen LogP contribution in [0.2, 0.25) is 5.02 Å². The molecule has 3 saturated carbocycles. The molecule has 594 valence electrons. The molecule has 1 amide bonds. The number of aromatic nitrogens is 5. The first-order valence-electron chi connectivity index (χ1n) is 39.3. The molecule has 0 unspecified atom stereocenters. The quantitative estimate of drug-likeness (QED) is 0.0212. The van der Waals surface area contributed by atoms with Crippen LogP contribution >= 0.6 is 11.6 Å².